The van der Waals surface area contributed by atoms with E-state index in [0.717, 1.165) is 61.0 Å². The average Bonchev–Trinajstić information content (AvgIpc) is 3.12. The Morgan fingerprint density at radius 1 is 1.23 bits per heavy atom. The van der Waals surface area contributed by atoms with Crippen molar-refractivity contribution in [1.29, 1.82) is 0 Å². The van der Waals surface area contributed by atoms with E-state index in [9.17, 15) is 0 Å². The summed E-state index contributed by atoms with van der Waals surface area (Å²) in [6.07, 6.45) is 7.33. The molecule has 1 saturated heterocycles. The van der Waals surface area contributed by atoms with Crippen molar-refractivity contribution in [3.63, 3.8) is 0 Å². The lowest BCUT2D eigenvalue weighted by molar-refractivity contribution is 0.197. The number of piperidine rings is 1. The molecule has 1 fully saturated rings. The van der Waals surface area contributed by atoms with Gasteiger partial charge in [0.25, 0.3) is 0 Å². The van der Waals surface area contributed by atoms with Gasteiger partial charge >= 0.3 is 0 Å². The molecule has 26 heavy (non-hydrogen) atoms. The number of aromatic amines is 1. The number of H-pyrrole nitrogens is 1. The maximum absolute atomic E-state index is 4.80. The zero-order valence-corrected chi connectivity index (χ0v) is 15.3. The van der Waals surface area contributed by atoms with E-state index < -0.39 is 0 Å². The standard InChI is InChI=1S/C20H26N6/c1-2-9-21-20-22-11-15(12-23-20)13-26-10-5-6-16(14-26)19-24-17-7-3-4-8-18(17)25-19/h3-4,7-8,11-12,16H,2,5-6,9-10,13-14H2,1H3,(H,24,25)(H,21,22,23)/t16-/m0/s1. The molecule has 2 N–H and O–H groups in total. The second kappa shape index (κ2) is 7.83. The molecule has 2 aromatic heterocycles. The van der Waals surface area contributed by atoms with Crippen molar-refractivity contribution in [3.05, 3.63) is 48.0 Å². The molecule has 0 spiro atoms. The topological polar surface area (TPSA) is 69.7 Å². The SMILES string of the molecule is CCCNc1ncc(CN2CCC[C@H](c3nc4ccccc4[nH]3)C2)cn1. The van der Waals surface area contributed by atoms with Crippen molar-refractivity contribution in [2.45, 2.75) is 38.6 Å². The summed E-state index contributed by atoms with van der Waals surface area (Å²) in [6.45, 7) is 6.08. The third-order valence-electron chi connectivity index (χ3n) is 4.94. The summed E-state index contributed by atoms with van der Waals surface area (Å²) in [5, 5.41) is 3.22. The van der Waals surface area contributed by atoms with E-state index in [-0.39, 0.29) is 0 Å². The number of benzene rings is 1. The number of fused-ring (bicyclic) bond motifs is 1. The van der Waals surface area contributed by atoms with Crippen molar-refractivity contribution >= 4 is 17.0 Å². The number of rotatable bonds is 6. The summed E-state index contributed by atoms with van der Waals surface area (Å²) >= 11 is 0. The number of aromatic nitrogens is 4. The third kappa shape index (κ3) is 3.85. The van der Waals surface area contributed by atoms with Gasteiger partial charge in [-0.3, -0.25) is 4.90 Å². The molecule has 1 aliphatic rings. The van der Waals surface area contributed by atoms with Gasteiger partial charge < -0.3 is 10.3 Å². The minimum absolute atomic E-state index is 0.461. The Kier molecular flexibility index (Phi) is 5.11. The number of para-hydroxylation sites is 2. The zero-order valence-electron chi connectivity index (χ0n) is 15.3. The quantitative estimate of drug-likeness (QED) is 0.711. The largest absolute Gasteiger partial charge is 0.354 e. The van der Waals surface area contributed by atoms with Crippen LogP contribution in [0, 0.1) is 0 Å². The van der Waals surface area contributed by atoms with Gasteiger partial charge in [0.05, 0.1) is 11.0 Å². The monoisotopic (exact) mass is 350 g/mol. The first-order valence-electron chi connectivity index (χ1n) is 9.53. The van der Waals surface area contributed by atoms with Crippen LogP contribution in [0.5, 0.6) is 0 Å². The van der Waals surface area contributed by atoms with Crippen molar-refractivity contribution in [3.8, 4) is 0 Å². The van der Waals surface area contributed by atoms with E-state index in [2.05, 4.69) is 50.3 Å². The lowest BCUT2D eigenvalue weighted by atomic mass is 9.97. The summed E-state index contributed by atoms with van der Waals surface area (Å²) < 4.78 is 0. The van der Waals surface area contributed by atoms with Gasteiger partial charge in [-0.2, -0.15) is 0 Å². The number of anilines is 1. The van der Waals surface area contributed by atoms with E-state index >= 15 is 0 Å². The summed E-state index contributed by atoms with van der Waals surface area (Å²) in [4.78, 5) is 19.6. The smallest absolute Gasteiger partial charge is 0.222 e. The van der Waals surface area contributed by atoms with Gasteiger partial charge in [-0.05, 0) is 37.9 Å². The number of nitrogens with zero attached hydrogens (tertiary/aromatic N) is 4. The van der Waals surface area contributed by atoms with E-state index in [1.54, 1.807) is 0 Å². The predicted octanol–water partition coefficient (Wildman–Crippen LogP) is 3.55. The number of hydrogen-bond donors (Lipinski definition) is 2. The summed E-state index contributed by atoms with van der Waals surface area (Å²) in [7, 11) is 0. The molecule has 0 unspecified atom stereocenters. The molecule has 0 aliphatic carbocycles. The molecular weight excluding hydrogens is 324 g/mol. The molecule has 4 rings (SSSR count). The molecule has 6 heteroatoms. The summed E-state index contributed by atoms with van der Waals surface area (Å²) in [5.74, 6) is 2.29. The second-order valence-electron chi connectivity index (χ2n) is 7.06. The molecule has 0 amide bonds. The van der Waals surface area contributed by atoms with Gasteiger partial charge in [-0.25, -0.2) is 15.0 Å². The van der Waals surface area contributed by atoms with Gasteiger partial charge in [0.1, 0.15) is 5.82 Å². The van der Waals surface area contributed by atoms with E-state index in [1.165, 1.54) is 12.8 Å². The first kappa shape index (κ1) is 17.0. The molecule has 0 bridgehead atoms. The van der Waals surface area contributed by atoms with Crippen LogP contribution in [0.2, 0.25) is 0 Å². The maximum atomic E-state index is 4.80. The third-order valence-corrected chi connectivity index (χ3v) is 4.94. The minimum Gasteiger partial charge on any atom is -0.354 e. The number of nitrogens with one attached hydrogen (secondary N) is 2. The minimum atomic E-state index is 0.461. The maximum Gasteiger partial charge on any atom is 0.222 e. The highest BCUT2D eigenvalue weighted by atomic mass is 15.1. The Bertz CT molecular complexity index is 808. The molecule has 1 aromatic carbocycles. The summed E-state index contributed by atoms with van der Waals surface area (Å²) in [5.41, 5.74) is 3.35. The van der Waals surface area contributed by atoms with Crippen LogP contribution in [0.3, 0.4) is 0 Å². The van der Waals surface area contributed by atoms with Crippen LogP contribution in [-0.2, 0) is 6.54 Å². The molecule has 1 atom stereocenters. The molecule has 6 nitrogen and oxygen atoms in total. The lowest BCUT2D eigenvalue weighted by Crippen LogP contribution is -2.34. The van der Waals surface area contributed by atoms with Crippen LogP contribution in [-0.4, -0.2) is 44.5 Å². The molecule has 136 valence electrons. The summed E-state index contributed by atoms with van der Waals surface area (Å²) in [6, 6.07) is 8.26. The van der Waals surface area contributed by atoms with Crippen LogP contribution in [0.4, 0.5) is 5.95 Å². The number of hydrogen-bond acceptors (Lipinski definition) is 5. The van der Waals surface area contributed by atoms with Gasteiger partial charge in [0.2, 0.25) is 5.95 Å². The van der Waals surface area contributed by atoms with Gasteiger partial charge in [0.15, 0.2) is 0 Å². The first-order chi connectivity index (χ1) is 12.8. The molecular formula is C20H26N6. The highest BCUT2D eigenvalue weighted by molar-refractivity contribution is 5.74. The van der Waals surface area contributed by atoms with Crippen LogP contribution >= 0.6 is 0 Å². The molecule has 3 heterocycles. The van der Waals surface area contributed by atoms with Crippen molar-refractivity contribution in [1.82, 2.24) is 24.8 Å². The zero-order chi connectivity index (χ0) is 17.8. The Labute approximate surface area is 154 Å². The van der Waals surface area contributed by atoms with Crippen LogP contribution in [0.15, 0.2) is 36.7 Å². The highest BCUT2D eigenvalue weighted by Crippen LogP contribution is 2.27. The lowest BCUT2D eigenvalue weighted by Gasteiger charge is -2.31. The van der Waals surface area contributed by atoms with Gasteiger partial charge in [-0.15, -0.1) is 0 Å². The molecule has 1 aliphatic heterocycles. The van der Waals surface area contributed by atoms with Crippen molar-refractivity contribution in [2.24, 2.45) is 0 Å². The van der Waals surface area contributed by atoms with Crippen LogP contribution in [0.25, 0.3) is 11.0 Å². The normalized spacial score (nSPS) is 18.3. The Morgan fingerprint density at radius 2 is 2.08 bits per heavy atom. The van der Waals surface area contributed by atoms with E-state index in [0.29, 0.717) is 5.92 Å². The van der Waals surface area contributed by atoms with Crippen LogP contribution in [0.1, 0.15) is 43.5 Å². The Balaban J connectivity index is 1.40. The Hall–Kier alpha value is -2.47. The highest BCUT2D eigenvalue weighted by Gasteiger charge is 2.24. The van der Waals surface area contributed by atoms with E-state index in [1.807, 2.05) is 18.5 Å². The molecule has 0 saturated carbocycles. The average molecular weight is 350 g/mol. The predicted molar refractivity (Wildman–Crippen MR) is 104 cm³/mol. The number of imidazole rings is 1. The van der Waals surface area contributed by atoms with E-state index in [4.69, 9.17) is 4.98 Å². The van der Waals surface area contributed by atoms with Crippen molar-refractivity contribution in [2.75, 3.05) is 25.0 Å². The Morgan fingerprint density at radius 3 is 2.88 bits per heavy atom. The van der Waals surface area contributed by atoms with Gasteiger partial charge in [-0.1, -0.05) is 19.1 Å². The fraction of sp³-hybridized carbons (Fsp3) is 0.450. The first-order valence-corrected chi connectivity index (χ1v) is 9.53. The second-order valence-corrected chi connectivity index (χ2v) is 7.06. The fourth-order valence-corrected chi connectivity index (χ4v) is 3.61. The molecule has 3 aromatic rings. The fourth-order valence-electron chi connectivity index (χ4n) is 3.61. The van der Waals surface area contributed by atoms with Crippen molar-refractivity contribution < 1.29 is 0 Å². The van der Waals surface area contributed by atoms with Gasteiger partial charge in [0, 0.05) is 43.5 Å². The molecule has 0 radical (unpaired) electrons. The number of likely N-dealkylation sites (tertiary alicyclic amines) is 1. The van der Waals surface area contributed by atoms with Crippen LogP contribution < -0.4 is 5.32 Å².